The summed E-state index contributed by atoms with van der Waals surface area (Å²) >= 11 is 0. The molecule has 0 radical (unpaired) electrons. The molecule has 16 heteroatoms. The van der Waals surface area contributed by atoms with Crippen molar-refractivity contribution in [2.45, 2.75) is 119 Å². The van der Waals surface area contributed by atoms with E-state index < -0.39 is 125 Å². The van der Waals surface area contributed by atoms with Crippen molar-refractivity contribution >= 4 is 23.8 Å². The third-order valence-electron chi connectivity index (χ3n) is 10.5. The molecule has 1 heterocycles. The number of alkyl carbamates (subject to hydrolysis) is 1. The molecule has 8 N–H and O–H groups in total. The maximum absolute atomic E-state index is 13.9. The summed E-state index contributed by atoms with van der Waals surface area (Å²) in [5.41, 5.74) is -8.02. The van der Waals surface area contributed by atoms with Crippen LogP contribution in [0.25, 0.3) is 0 Å². The number of rotatable bonds is 6. The van der Waals surface area contributed by atoms with Gasteiger partial charge in [-0.15, -0.1) is 0 Å². The van der Waals surface area contributed by atoms with Crippen molar-refractivity contribution in [1.29, 1.82) is 0 Å². The van der Waals surface area contributed by atoms with E-state index >= 15 is 0 Å². The third kappa shape index (κ3) is 6.27. The number of aliphatic hydroxyl groups is 7. The van der Waals surface area contributed by atoms with Crippen LogP contribution in [-0.4, -0.2) is 119 Å². The van der Waals surface area contributed by atoms with Gasteiger partial charge in [0.2, 0.25) is 5.79 Å². The lowest BCUT2D eigenvalue weighted by Gasteiger charge is -2.63. The monoisotopic (exact) mass is 707 g/mol. The molecule has 2 bridgehead atoms. The van der Waals surface area contributed by atoms with Crippen LogP contribution in [0.5, 0.6) is 0 Å². The van der Waals surface area contributed by atoms with Crippen LogP contribution in [0, 0.1) is 11.3 Å². The highest BCUT2D eigenvalue weighted by Gasteiger charge is 2.73. The number of ether oxygens (including phenoxy) is 4. The largest absolute Gasteiger partial charge is 0.508 e. The molecule has 0 aromatic heterocycles. The molecule has 2 saturated carbocycles. The number of ketones is 1. The van der Waals surface area contributed by atoms with Crippen molar-refractivity contribution in [3.05, 3.63) is 47.2 Å². The van der Waals surface area contributed by atoms with Crippen LogP contribution >= 0.6 is 0 Å². The van der Waals surface area contributed by atoms with Crippen LogP contribution in [0.4, 0.5) is 4.79 Å². The third-order valence-corrected chi connectivity index (χ3v) is 10.5. The Morgan fingerprint density at radius 3 is 2.26 bits per heavy atom. The molecule has 10 atom stereocenters. The van der Waals surface area contributed by atoms with Crippen LogP contribution < -0.4 is 5.32 Å². The molecule has 3 aliphatic carbocycles. The molecule has 5 rings (SSSR count). The van der Waals surface area contributed by atoms with Gasteiger partial charge in [0.05, 0.1) is 35.8 Å². The van der Waals surface area contributed by atoms with Crippen molar-refractivity contribution in [2.75, 3.05) is 6.61 Å². The molecule has 3 fully saturated rings. The fourth-order valence-corrected chi connectivity index (χ4v) is 7.84. The lowest BCUT2D eigenvalue weighted by Crippen LogP contribution is -2.76. The predicted molar refractivity (Wildman–Crippen MR) is 168 cm³/mol. The van der Waals surface area contributed by atoms with Gasteiger partial charge in [-0.25, -0.2) is 9.59 Å². The highest BCUT2D eigenvalue weighted by atomic mass is 16.6. The van der Waals surface area contributed by atoms with Gasteiger partial charge in [-0.05, 0) is 39.7 Å². The summed E-state index contributed by atoms with van der Waals surface area (Å²) < 4.78 is 22.0. The molecular formula is C34H45NO15. The molecule has 50 heavy (non-hydrogen) atoms. The Kier molecular flexibility index (Phi) is 9.66. The Morgan fingerprint density at radius 2 is 1.70 bits per heavy atom. The van der Waals surface area contributed by atoms with E-state index in [-0.39, 0.29) is 18.6 Å². The first-order chi connectivity index (χ1) is 23.1. The number of hydrogen-bond acceptors (Lipinski definition) is 15. The van der Waals surface area contributed by atoms with Gasteiger partial charge in [-0.2, -0.15) is 0 Å². The summed E-state index contributed by atoms with van der Waals surface area (Å²) in [4.78, 5) is 52.5. The minimum absolute atomic E-state index is 0.157. The van der Waals surface area contributed by atoms with Gasteiger partial charge >= 0.3 is 18.0 Å². The first-order valence-electron chi connectivity index (χ1n) is 16.3. The van der Waals surface area contributed by atoms with Gasteiger partial charge in [-0.1, -0.05) is 30.3 Å². The van der Waals surface area contributed by atoms with E-state index in [0.717, 1.165) is 6.92 Å². The van der Waals surface area contributed by atoms with Crippen LogP contribution in [-0.2, 0) is 33.3 Å². The number of esters is 2. The van der Waals surface area contributed by atoms with Gasteiger partial charge in [0.1, 0.15) is 28.8 Å². The summed E-state index contributed by atoms with van der Waals surface area (Å²) in [6.45, 7) is 7.03. The van der Waals surface area contributed by atoms with E-state index in [1.165, 1.54) is 19.1 Å². The SMILES string of the molecule is CC(=O)O[C@@]12CO[C@@H]1C[C@H](O)[C@@]1(C)C(=O)C[C@H](O)C3=C(O)[C@@H](OC(=O)[C@H](O)[C@@H](NC(=O)OC(C)(C)C)c4ccccc4)C[C@@](O)(C[C@H]21)C3(O)O. The van der Waals surface area contributed by atoms with E-state index in [0.29, 0.717) is 0 Å². The first-order valence-corrected chi connectivity index (χ1v) is 16.3. The maximum atomic E-state index is 13.9. The standard InChI is InChI=1S/C34H45NO15/c1-16(36)49-33-15-47-23(33)12-22(39)31(5)20(33)14-32(44)13-19(26(40)24(34(32,45)46)18(37)11-21(31)38)48-28(42)27(41)25(17-9-7-6-8-10-17)35-29(43)50-30(2,3)4/h6-10,18-20,22-23,25,27,37,39-41,44-46H,11-15H2,1-5H3,(H,35,43)/t18-,19-,20-,22-,23+,25-,27+,31+,32+,33+/m0/s1. The summed E-state index contributed by atoms with van der Waals surface area (Å²) in [5, 5.41) is 82.6. The second kappa shape index (κ2) is 12.8. The van der Waals surface area contributed by atoms with E-state index in [1.807, 2.05) is 0 Å². The number of carbonyl (C=O) groups is 4. The van der Waals surface area contributed by atoms with Gasteiger partial charge in [-0.3, -0.25) is 9.59 Å². The average Bonchev–Trinajstić information content (AvgIpc) is 3.00. The molecule has 1 saturated heterocycles. The average molecular weight is 708 g/mol. The van der Waals surface area contributed by atoms with Crippen LogP contribution in [0.3, 0.4) is 0 Å². The summed E-state index contributed by atoms with van der Waals surface area (Å²) in [5.74, 6) is -8.90. The Bertz CT molecular complexity index is 1550. The fraction of sp³-hybridized carbons (Fsp3) is 0.647. The van der Waals surface area contributed by atoms with E-state index in [4.69, 9.17) is 18.9 Å². The van der Waals surface area contributed by atoms with Crippen molar-refractivity contribution in [1.82, 2.24) is 5.32 Å². The van der Waals surface area contributed by atoms with Gasteiger partial charge in [0.25, 0.3) is 0 Å². The number of nitrogens with one attached hydrogen (secondary N) is 1. The molecule has 276 valence electrons. The quantitative estimate of drug-likeness (QED) is 0.110. The number of fused-ring (bicyclic) bond motifs is 5. The Hall–Kier alpha value is -3.64. The van der Waals surface area contributed by atoms with Crippen molar-refractivity contribution in [3.8, 4) is 0 Å². The molecule has 1 amide bonds. The highest BCUT2D eigenvalue weighted by Crippen LogP contribution is 2.60. The molecular weight excluding hydrogens is 662 g/mol. The van der Waals surface area contributed by atoms with E-state index in [1.54, 1.807) is 39.0 Å². The number of hydrogen-bond donors (Lipinski definition) is 8. The molecule has 0 spiro atoms. The van der Waals surface area contributed by atoms with E-state index in [9.17, 15) is 54.9 Å². The zero-order valence-electron chi connectivity index (χ0n) is 28.4. The predicted octanol–water partition coefficient (Wildman–Crippen LogP) is -0.0355. The second-order valence-electron chi connectivity index (χ2n) is 14.9. The van der Waals surface area contributed by atoms with Crippen LogP contribution in [0.15, 0.2) is 41.7 Å². The summed E-state index contributed by atoms with van der Waals surface area (Å²) in [6, 6.07) is 6.39. The van der Waals surface area contributed by atoms with Crippen molar-refractivity contribution in [3.63, 3.8) is 0 Å². The molecule has 1 aromatic rings. The number of Topliss-reactive ketones (excluding diaryl/α,β-unsaturated/α-hetero) is 1. The summed E-state index contributed by atoms with van der Waals surface area (Å²) in [7, 11) is 0. The zero-order chi connectivity index (χ0) is 37.2. The minimum atomic E-state index is -3.45. The normalized spacial score (nSPS) is 36.1. The lowest BCUT2D eigenvalue weighted by molar-refractivity contribution is -0.336. The van der Waals surface area contributed by atoms with Crippen LogP contribution in [0.2, 0.25) is 0 Å². The van der Waals surface area contributed by atoms with Crippen molar-refractivity contribution in [2.24, 2.45) is 11.3 Å². The number of benzene rings is 1. The first kappa shape index (κ1) is 37.6. The Morgan fingerprint density at radius 1 is 1.06 bits per heavy atom. The fourth-order valence-electron chi connectivity index (χ4n) is 7.84. The second-order valence-corrected chi connectivity index (χ2v) is 14.9. The van der Waals surface area contributed by atoms with E-state index in [2.05, 4.69) is 5.32 Å². The zero-order valence-corrected chi connectivity index (χ0v) is 28.4. The molecule has 16 nitrogen and oxygen atoms in total. The van der Waals surface area contributed by atoms with Crippen molar-refractivity contribution < 1.29 is 73.9 Å². The Balaban J connectivity index is 1.53. The van der Waals surface area contributed by atoms with Gasteiger partial charge in [0, 0.05) is 32.1 Å². The lowest BCUT2D eigenvalue weighted by atomic mass is 9.51. The smallest absolute Gasteiger partial charge is 0.408 e. The maximum Gasteiger partial charge on any atom is 0.408 e. The minimum Gasteiger partial charge on any atom is -0.508 e. The summed E-state index contributed by atoms with van der Waals surface area (Å²) in [6.07, 6.45) is -12.4. The van der Waals surface area contributed by atoms with Crippen LogP contribution in [0.1, 0.15) is 71.9 Å². The van der Waals surface area contributed by atoms with Gasteiger partial charge < -0.3 is 60.0 Å². The molecule has 1 aliphatic heterocycles. The number of carbonyl (C=O) groups excluding carboxylic acids is 4. The number of amides is 1. The van der Waals surface area contributed by atoms with Gasteiger partial charge in [0.15, 0.2) is 17.8 Å². The topological polar surface area (TPSA) is 259 Å². The highest BCUT2D eigenvalue weighted by molar-refractivity contribution is 5.87. The molecule has 1 aromatic carbocycles. The molecule has 4 aliphatic rings. The molecule has 0 unspecified atom stereocenters. The number of aliphatic hydroxyl groups excluding tert-OH is 4. The Labute approximate surface area is 287 Å².